The molecule has 1 N–H and O–H groups in total. The van der Waals surface area contributed by atoms with E-state index in [4.69, 9.17) is 4.74 Å². The molecule has 1 rings (SSSR count). The molecule has 0 aromatic heterocycles. The van der Waals surface area contributed by atoms with Crippen molar-refractivity contribution < 1.29 is 14.5 Å². The Kier molecular flexibility index (Phi) is 6.08. The number of carbonyl (C=O) groups excluding carboxylic acids is 1. The van der Waals surface area contributed by atoms with Crippen molar-refractivity contribution in [1.82, 2.24) is 5.32 Å². The molecule has 0 unspecified atom stereocenters. The van der Waals surface area contributed by atoms with E-state index in [-0.39, 0.29) is 18.2 Å². The fraction of sp³-hybridized carbons (Fsp3) is 0.308. The molecule has 0 aliphatic heterocycles. The molecule has 0 bridgehead atoms. The maximum Gasteiger partial charge on any atom is 0.273 e. The monoisotopic (exact) mass is 264 g/mol. The topological polar surface area (TPSA) is 81.5 Å². The second-order valence-corrected chi connectivity index (χ2v) is 3.75. The van der Waals surface area contributed by atoms with Gasteiger partial charge in [-0.15, -0.1) is 0 Å². The standard InChI is InChI=1S/C13H16N2O4/c1-2-3-4-8-14-13(16)10-19-12-7-5-6-11(9-12)15(17)18/h2-3,5-7,9H,4,8,10H2,1H3,(H,14,16)/b3-2+. The highest BCUT2D eigenvalue weighted by Crippen LogP contribution is 2.18. The van der Waals surface area contributed by atoms with Gasteiger partial charge in [0.1, 0.15) is 5.75 Å². The number of nitro benzene ring substituents is 1. The molecule has 0 aliphatic rings. The lowest BCUT2D eigenvalue weighted by Gasteiger charge is -2.06. The van der Waals surface area contributed by atoms with Gasteiger partial charge in [-0.2, -0.15) is 0 Å². The van der Waals surface area contributed by atoms with E-state index < -0.39 is 4.92 Å². The van der Waals surface area contributed by atoms with E-state index in [0.717, 1.165) is 6.42 Å². The molecule has 0 saturated carbocycles. The number of benzene rings is 1. The van der Waals surface area contributed by atoms with Crippen molar-refractivity contribution in [2.24, 2.45) is 0 Å². The summed E-state index contributed by atoms with van der Waals surface area (Å²) in [5, 5.41) is 13.2. The summed E-state index contributed by atoms with van der Waals surface area (Å²) in [5.41, 5.74) is -0.0639. The molecule has 0 heterocycles. The zero-order valence-electron chi connectivity index (χ0n) is 10.7. The van der Waals surface area contributed by atoms with Crippen molar-refractivity contribution in [2.75, 3.05) is 13.2 Å². The number of nitrogens with zero attached hydrogens (tertiary/aromatic N) is 1. The van der Waals surface area contributed by atoms with Crippen molar-refractivity contribution in [3.8, 4) is 5.75 Å². The van der Waals surface area contributed by atoms with Crippen LogP contribution in [0.15, 0.2) is 36.4 Å². The van der Waals surface area contributed by atoms with E-state index in [1.54, 1.807) is 6.07 Å². The first-order valence-electron chi connectivity index (χ1n) is 5.88. The van der Waals surface area contributed by atoms with Crippen molar-refractivity contribution in [3.05, 3.63) is 46.5 Å². The van der Waals surface area contributed by atoms with Crippen LogP contribution in [0.4, 0.5) is 5.69 Å². The number of allylic oxidation sites excluding steroid dienone is 1. The molecule has 1 aromatic carbocycles. The number of hydrogen-bond acceptors (Lipinski definition) is 4. The highest BCUT2D eigenvalue weighted by Gasteiger charge is 2.07. The van der Waals surface area contributed by atoms with E-state index in [9.17, 15) is 14.9 Å². The van der Waals surface area contributed by atoms with E-state index >= 15 is 0 Å². The van der Waals surface area contributed by atoms with Crippen LogP contribution in [0.3, 0.4) is 0 Å². The number of carbonyl (C=O) groups is 1. The van der Waals surface area contributed by atoms with Crippen LogP contribution in [0.25, 0.3) is 0 Å². The SMILES string of the molecule is C/C=C/CCNC(=O)COc1cccc([N+](=O)[O-])c1. The molecule has 6 nitrogen and oxygen atoms in total. The highest BCUT2D eigenvalue weighted by atomic mass is 16.6. The first-order valence-corrected chi connectivity index (χ1v) is 5.88. The fourth-order valence-electron chi connectivity index (χ4n) is 1.35. The van der Waals surface area contributed by atoms with Crippen LogP contribution in [0, 0.1) is 10.1 Å². The van der Waals surface area contributed by atoms with E-state index in [1.165, 1.54) is 18.2 Å². The molecule has 0 spiro atoms. The Labute approximate surface area is 111 Å². The second kappa shape index (κ2) is 7.86. The molecular formula is C13H16N2O4. The lowest BCUT2D eigenvalue weighted by molar-refractivity contribution is -0.384. The first-order chi connectivity index (χ1) is 9.13. The van der Waals surface area contributed by atoms with Crippen LogP contribution in [-0.2, 0) is 4.79 Å². The maximum atomic E-state index is 11.4. The number of rotatable bonds is 7. The molecule has 0 saturated heterocycles. The van der Waals surface area contributed by atoms with E-state index in [2.05, 4.69) is 5.32 Å². The van der Waals surface area contributed by atoms with Gasteiger partial charge < -0.3 is 10.1 Å². The third-order valence-corrected chi connectivity index (χ3v) is 2.27. The number of nitrogens with one attached hydrogen (secondary N) is 1. The third kappa shape index (κ3) is 5.67. The molecule has 0 fully saturated rings. The summed E-state index contributed by atoms with van der Waals surface area (Å²) in [5.74, 6) is 0.0498. The average Bonchev–Trinajstić information content (AvgIpc) is 2.41. The summed E-state index contributed by atoms with van der Waals surface area (Å²) < 4.78 is 5.18. The quantitative estimate of drug-likeness (QED) is 0.353. The Hall–Kier alpha value is -2.37. The van der Waals surface area contributed by atoms with Crippen LogP contribution in [-0.4, -0.2) is 24.0 Å². The zero-order valence-corrected chi connectivity index (χ0v) is 10.7. The van der Waals surface area contributed by atoms with Crippen LogP contribution in [0.1, 0.15) is 13.3 Å². The number of non-ortho nitro benzene ring substituents is 1. The predicted octanol–water partition coefficient (Wildman–Crippen LogP) is 2.06. The Morgan fingerprint density at radius 1 is 1.53 bits per heavy atom. The highest BCUT2D eigenvalue weighted by molar-refractivity contribution is 5.77. The molecule has 0 atom stereocenters. The Balaban J connectivity index is 2.37. The molecule has 6 heteroatoms. The zero-order chi connectivity index (χ0) is 14.1. The molecule has 19 heavy (non-hydrogen) atoms. The number of ether oxygens (including phenoxy) is 1. The predicted molar refractivity (Wildman–Crippen MR) is 71.0 cm³/mol. The molecule has 102 valence electrons. The van der Waals surface area contributed by atoms with Gasteiger partial charge in [-0.05, 0) is 19.4 Å². The van der Waals surface area contributed by atoms with Gasteiger partial charge in [0.25, 0.3) is 11.6 Å². The summed E-state index contributed by atoms with van der Waals surface area (Å²) in [6, 6.07) is 5.73. The van der Waals surface area contributed by atoms with Gasteiger partial charge in [0, 0.05) is 12.6 Å². The van der Waals surface area contributed by atoms with Crippen LogP contribution >= 0.6 is 0 Å². The molecule has 1 aromatic rings. The second-order valence-electron chi connectivity index (χ2n) is 3.75. The summed E-state index contributed by atoms with van der Waals surface area (Å²) >= 11 is 0. The largest absolute Gasteiger partial charge is 0.484 e. The smallest absolute Gasteiger partial charge is 0.273 e. The van der Waals surface area contributed by atoms with Gasteiger partial charge in [0.05, 0.1) is 11.0 Å². The van der Waals surface area contributed by atoms with Crippen molar-refractivity contribution >= 4 is 11.6 Å². The number of nitro groups is 1. The third-order valence-electron chi connectivity index (χ3n) is 2.27. The van der Waals surface area contributed by atoms with E-state index in [1.807, 2.05) is 19.1 Å². The fourth-order valence-corrected chi connectivity index (χ4v) is 1.35. The Bertz CT molecular complexity index is 471. The minimum atomic E-state index is -0.510. The van der Waals surface area contributed by atoms with Crippen molar-refractivity contribution in [2.45, 2.75) is 13.3 Å². The Morgan fingerprint density at radius 2 is 2.32 bits per heavy atom. The molecule has 0 aliphatic carbocycles. The minimum Gasteiger partial charge on any atom is -0.484 e. The lowest BCUT2D eigenvalue weighted by Crippen LogP contribution is -2.29. The maximum absolute atomic E-state index is 11.4. The summed E-state index contributed by atoms with van der Waals surface area (Å²) in [6.07, 6.45) is 4.62. The first kappa shape index (κ1) is 14.7. The van der Waals surface area contributed by atoms with Gasteiger partial charge in [0.2, 0.25) is 0 Å². The average molecular weight is 264 g/mol. The summed E-state index contributed by atoms with van der Waals surface area (Å²) in [7, 11) is 0. The van der Waals surface area contributed by atoms with Gasteiger partial charge >= 0.3 is 0 Å². The number of amides is 1. The van der Waals surface area contributed by atoms with Crippen molar-refractivity contribution in [1.29, 1.82) is 0 Å². The van der Waals surface area contributed by atoms with Gasteiger partial charge in [-0.3, -0.25) is 14.9 Å². The van der Waals surface area contributed by atoms with Gasteiger partial charge in [-0.25, -0.2) is 0 Å². The Morgan fingerprint density at radius 3 is 3.00 bits per heavy atom. The van der Waals surface area contributed by atoms with Gasteiger partial charge in [0.15, 0.2) is 6.61 Å². The van der Waals surface area contributed by atoms with E-state index in [0.29, 0.717) is 12.3 Å². The normalized spacial score (nSPS) is 10.4. The molecule has 0 radical (unpaired) electrons. The summed E-state index contributed by atoms with van der Waals surface area (Å²) in [4.78, 5) is 21.5. The van der Waals surface area contributed by atoms with Crippen LogP contribution in [0.2, 0.25) is 0 Å². The molecule has 1 amide bonds. The molecular weight excluding hydrogens is 248 g/mol. The minimum absolute atomic E-state index is 0.0639. The lowest BCUT2D eigenvalue weighted by atomic mass is 10.3. The van der Waals surface area contributed by atoms with Crippen LogP contribution in [0.5, 0.6) is 5.75 Å². The van der Waals surface area contributed by atoms with Gasteiger partial charge in [-0.1, -0.05) is 18.2 Å². The summed E-state index contributed by atoms with van der Waals surface area (Å²) in [6.45, 7) is 2.30. The van der Waals surface area contributed by atoms with Crippen LogP contribution < -0.4 is 10.1 Å². The number of hydrogen-bond donors (Lipinski definition) is 1. The van der Waals surface area contributed by atoms with Crippen molar-refractivity contribution in [3.63, 3.8) is 0 Å².